The molecule has 21 heavy (non-hydrogen) atoms. The lowest BCUT2D eigenvalue weighted by Crippen LogP contribution is -2.23. The molecule has 2 aromatic carbocycles. The Morgan fingerprint density at radius 3 is 2.52 bits per heavy atom. The molecule has 0 atom stereocenters. The van der Waals surface area contributed by atoms with Gasteiger partial charge in [0.2, 0.25) is 0 Å². The third-order valence-corrected chi connectivity index (χ3v) is 2.71. The van der Waals surface area contributed by atoms with Gasteiger partial charge in [0.25, 0.3) is 0 Å². The third-order valence-electron chi connectivity index (χ3n) is 2.71. The first-order valence-electron chi connectivity index (χ1n) is 6.12. The van der Waals surface area contributed by atoms with Gasteiger partial charge in [0.15, 0.2) is 0 Å². The van der Waals surface area contributed by atoms with Crippen molar-refractivity contribution in [2.45, 2.75) is 0 Å². The first-order chi connectivity index (χ1) is 10.1. The highest BCUT2D eigenvalue weighted by Gasteiger charge is 2.07. The van der Waals surface area contributed by atoms with Gasteiger partial charge < -0.3 is 25.3 Å². The van der Waals surface area contributed by atoms with E-state index in [1.165, 1.54) is 25.3 Å². The number of nitrogens with one attached hydrogen (secondary N) is 2. The minimum absolute atomic E-state index is 0.00917. The maximum absolute atomic E-state index is 11.9. The summed E-state index contributed by atoms with van der Waals surface area (Å²) in [5.74, 6) is -0.778. The number of para-hydroxylation sites is 2. The summed E-state index contributed by atoms with van der Waals surface area (Å²) in [5, 5.41) is 15.9. The molecule has 0 saturated heterocycles. The fourth-order valence-electron chi connectivity index (χ4n) is 1.76. The Balaban J connectivity index is 2.08. The van der Waals surface area contributed by atoms with Gasteiger partial charge in [-0.3, -0.25) is 0 Å². The predicted molar refractivity (Wildman–Crippen MR) is 76.4 cm³/mol. The number of methoxy groups -OCH3 is 1. The lowest BCUT2D eigenvalue weighted by molar-refractivity contribution is -0.255. The maximum Gasteiger partial charge on any atom is 0.323 e. The monoisotopic (exact) mass is 285 g/mol. The van der Waals surface area contributed by atoms with Gasteiger partial charge in [-0.15, -0.1) is 0 Å². The number of amides is 2. The first kappa shape index (κ1) is 14.4. The Hall–Kier alpha value is -3.02. The van der Waals surface area contributed by atoms with Gasteiger partial charge in [0, 0.05) is 5.69 Å². The number of aromatic carboxylic acids is 1. The normalized spacial score (nSPS) is 9.76. The smallest absolute Gasteiger partial charge is 0.323 e. The van der Waals surface area contributed by atoms with Crippen molar-refractivity contribution >= 4 is 23.4 Å². The van der Waals surface area contributed by atoms with E-state index in [9.17, 15) is 14.7 Å². The Labute approximate surface area is 121 Å². The minimum atomic E-state index is -1.30. The number of benzene rings is 2. The van der Waals surface area contributed by atoms with E-state index in [0.717, 1.165) is 0 Å². The van der Waals surface area contributed by atoms with Crippen molar-refractivity contribution in [3.05, 3.63) is 54.1 Å². The molecule has 2 N–H and O–H groups in total. The molecular formula is C15H13N2O4-. The van der Waals surface area contributed by atoms with Crippen LogP contribution in [0.2, 0.25) is 0 Å². The molecule has 0 heterocycles. The van der Waals surface area contributed by atoms with Crippen molar-refractivity contribution in [2.24, 2.45) is 0 Å². The third kappa shape index (κ3) is 3.73. The van der Waals surface area contributed by atoms with E-state index in [1.54, 1.807) is 30.3 Å². The Bertz CT molecular complexity index is 670. The topological polar surface area (TPSA) is 90.5 Å². The lowest BCUT2D eigenvalue weighted by atomic mass is 10.2. The van der Waals surface area contributed by atoms with Crippen LogP contribution in [-0.4, -0.2) is 19.1 Å². The van der Waals surface area contributed by atoms with E-state index in [2.05, 4.69) is 10.6 Å². The number of anilines is 2. The second-order valence-electron chi connectivity index (χ2n) is 4.15. The first-order valence-corrected chi connectivity index (χ1v) is 6.12. The Morgan fingerprint density at radius 2 is 1.81 bits per heavy atom. The van der Waals surface area contributed by atoms with Crippen LogP contribution in [0.5, 0.6) is 5.75 Å². The predicted octanol–water partition coefficient (Wildman–Crippen LogP) is 1.70. The molecule has 6 nitrogen and oxygen atoms in total. The molecule has 0 spiro atoms. The van der Waals surface area contributed by atoms with Crippen LogP contribution in [0.25, 0.3) is 0 Å². The molecule has 0 bridgehead atoms. The molecule has 2 rings (SSSR count). The van der Waals surface area contributed by atoms with Crippen LogP contribution in [0, 0.1) is 0 Å². The van der Waals surface area contributed by atoms with Gasteiger partial charge in [0.1, 0.15) is 5.75 Å². The minimum Gasteiger partial charge on any atom is -0.545 e. The molecule has 0 saturated carbocycles. The highest BCUT2D eigenvalue weighted by atomic mass is 16.5. The Morgan fingerprint density at radius 1 is 1.05 bits per heavy atom. The lowest BCUT2D eigenvalue weighted by Gasteiger charge is -2.11. The fraction of sp³-hybridized carbons (Fsp3) is 0.0667. The standard InChI is InChI=1S/C15H14N2O4/c1-21-13-8-3-2-7-12(13)17-15(20)16-11-6-4-5-10(9-11)14(18)19/h2-9H,1H3,(H,18,19)(H2,16,17,20)/p-1. The zero-order valence-corrected chi connectivity index (χ0v) is 11.3. The van der Waals surface area contributed by atoms with Gasteiger partial charge in [-0.1, -0.05) is 24.3 Å². The van der Waals surface area contributed by atoms with Gasteiger partial charge in [-0.2, -0.15) is 0 Å². The summed E-state index contributed by atoms with van der Waals surface area (Å²) in [6, 6.07) is 12.2. The van der Waals surface area contributed by atoms with E-state index in [0.29, 0.717) is 17.1 Å². The van der Waals surface area contributed by atoms with Crippen LogP contribution in [0.15, 0.2) is 48.5 Å². The van der Waals surface area contributed by atoms with Crippen molar-refractivity contribution in [3.8, 4) is 5.75 Å². The number of urea groups is 1. The molecule has 0 aliphatic rings. The summed E-state index contributed by atoms with van der Waals surface area (Å²) in [7, 11) is 1.50. The zero-order chi connectivity index (χ0) is 15.2. The Kier molecular flexibility index (Phi) is 4.40. The maximum atomic E-state index is 11.9. The zero-order valence-electron chi connectivity index (χ0n) is 11.3. The van der Waals surface area contributed by atoms with Gasteiger partial charge in [0.05, 0.1) is 18.8 Å². The van der Waals surface area contributed by atoms with Crippen molar-refractivity contribution < 1.29 is 19.4 Å². The van der Waals surface area contributed by atoms with Gasteiger partial charge >= 0.3 is 6.03 Å². The second-order valence-corrected chi connectivity index (χ2v) is 4.15. The number of hydrogen-bond acceptors (Lipinski definition) is 4. The molecular weight excluding hydrogens is 272 g/mol. The number of rotatable bonds is 4. The highest BCUT2D eigenvalue weighted by Crippen LogP contribution is 2.23. The molecule has 0 aliphatic carbocycles. The summed E-state index contributed by atoms with van der Waals surface area (Å²) in [4.78, 5) is 22.6. The van der Waals surface area contributed by atoms with E-state index in [1.807, 2.05) is 0 Å². The van der Waals surface area contributed by atoms with E-state index >= 15 is 0 Å². The molecule has 0 fully saturated rings. The van der Waals surface area contributed by atoms with Crippen LogP contribution < -0.4 is 20.5 Å². The van der Waals surface area contributed by atoms with Crippen molar-refractivity contribution in [3.63, 3.8) is 0 Å². The number of carboxylic acids is 1. The molecule has 0 unspecified atom stereocenters. The van der Waals surface area contributed by atoms with Crippen molar-refractivity contribution in [1.29, 1.82) is 0 Å². The average Bonchev–Trinajstić information content (AvgIpc) is 2.48. The number of carbonyl (C=O) groups excluding carboxylic acids is 2. The fourth-order valence-corrected chi connectivity index (χ4v) is 1.76. The largest absolute Gasteiger partial charge is 0.545 e. The summed E-state index contributed by atoms with van der Waals surface area (Å²) in [6.07, 6.45) is 0. The SMILES string of the molecule is COc1ccccc1NC(=O)Nc1cccc(C(=O)[O-])c1. The van der Waals surface area contributed by atoms with Crippen molar-refractivity contribution in [1.82, 2.24) is 0 Å². The van der Waals surface area contributed by atoms with Crippen LogP contribution in [0.4, 0.5) is 16.2 Å². The van der Waals surface area contributed by atoms with Gasteiger partial charge in [-0.25, -0.2) is 4.79 Å². The summed E-state index contributed by atoms with van der Waals surface area (Å²) >= 11 is 0. The highest BCUT2D eigenvalue weighted by molar-refractivity contribution is 6.01. The van der Waals surface area contributed by atoms with E-state index < -0.39 is 12.0 Å². The molecule has 0 aromatic heterocycles. The van der Waals surface area contributed by atoms with Crippen LogP contribution in [-0.2, 0) is 0 Å². The number of carboxylic acid groups (broad SMARTS) is 1. The van der Waals surface area contributed by atoms with Crippen LogP contribution in [0.3, 0.4) is 0 Å². The average molecular weight is 285 g/mol. The van der Waals surface area contributed by atoms with Crippen LogP contribution >= 0.6 is 0 Å². The number of carbonyl (C=O) groups is 2. The molecule has 0 radical (unpaired) electrons. The number of ether oxygens (including phenoxy) is 1. The number of hydrogen-bond donors (Lipinski definition) is 2. The van der Waals surface area contributed by atoms with E-state index in [4.69, 9.17) is 4.74 Å². The molecule has 2 aromatic rings. The molecule has 2 amide bonds. The molecule has 0 aliphatic heterocycles. The quantitative estimate of drug-likeness (QED) is 0.894. The second kappa shape index (κ2) is 6.42. The van der Waals surface area contributed by atoms with Crippen LogP contribution in [0.1, 0.15) is 10.4 Å². The van der Waals surface area contributed by atoms with E-state index in [-0.39, 0.29) is 5.56 Å². The summed E-state index contributed by atoms with van der Waals surface area (Å²) in [6.45, 7) is 0. The molecule has 108 valence electrons. The summed E-state index contributed by atoms with van der Waals surface area (Å²) in [5.41, 5.74) is 0.850. The summed E-state index contributed by atoms with van der Waals surface area (Å²) < 4.78 is 5.12. The molecule has 6 heteroatoms. The van der Waals surface area contributed by atoms with Gasteiger partial charge in [-0.05, 0) is 29.8 Å². The van der Waals surface area contributed by atoms with Crippen molar-refractivity contribution in [2.75, 3.05) is 17.7 Å².